The minimum absolute atomic E-state index is 0.837. The van der Waals surface area contributed by atoms with Crippen LogP contribution in [0.5, 0.6) is 0 Å². The molecule has 4 rings (SSSR count). The van der Waals surface area contributed by atoms with Gasteiger partial charge in [0, 0.05) is 39.3 Å². The fourth-order valence-corrected chi connectivity index (χ4v) is 4.76. The Morgan fingerprint density at radius 3 is 2.52 bits per heavy atom. The van der Waals surface area contributed by atoms with Gasteiger partial charge in [-0.15, -0.1) is 11.8 Å². The molecule has 0 aliphatic carbocycles. The van der Waals surface area contributed by atoms with Crippen molar-refractivity contribution in [2.24, 2.45) is 0 Å². The van der Waals surface area contributed by atoms with Crippen molar-refractivity contribution >= 4 is 34.3 Å². The van der Waals surface area contributed by atoms with Gasteiger partial charge in [0.25, 0.3) is 0 Å². The van der Waals surface area contributed by atoms with E-state index in [9.17, 15) is 0 Å². The van der Waals surface area contributed by atoms with E-state index in [0.29, 0.717) is 0 Å². The molecule has 1 aromatic heterocycles. The van der Waals surface area contributed by atoms with Crippen LogP contribution < -0.4 is 0 Å². The second-order valence-corrected chi connectivity index (χ2v) is 8.37. The quantitative estimate of drug-likeness (QED) is 0.324. The predicted molar refractivity (Wildman–Crippen MR) is 118 cm³/mol. The van der Waals surface area contributed by atoms with Crippen molar-refractivity contribution in [2.75, 3.05) is 0 Å². The molecule has 0 aliphatic rings. The van der Waals surface area contributed by atoms with Gasteiger partial charge < -0.3 is 4.57 Å². The van der Waals surface area contributed by atoms with Crippen molar-refractivity contribution in [2.45, 2.75) is 31.0 Å². The van der Waals surface area contributed by atoms with Gasteiger partial charge >= 0.3 is 0 Å². The van der Waals surface area contributed by atoms with Crippen LogP contribution in [0.25, 0.3) is 10.9 Å². The van der Waals surface area contributed by atoms with Crippen molar-refractivity contribution in [3.8, 4) is 0 Å². The zero-order valence-corrected chi connectivity index (χ0v) is 17.1. The third-order valence-corrected chi connectivity index (χ3v) is 6.40. The fraction of sp³-hybridized carbons (Fsp3) is 0.167. The van der Waals surface area contributed by atoms with E-state index < -0.39 is 0 Å². The average Bonchev–Trinajstić information content (AvgIpc) is 3.02. The third-order valence-electron chi connectivity index (χ3n) is 4.94. The maximum absolute atomic E-state index is 6.33. The van der Waals surface area contributed by atoms with Crippen LogP contribution in [0.3, 0.4) is 0 Å². The first kappa shape index (κ1) is 18.2. The molecule has 0 N–H and O–H groups in total. The van der Waals surface area contributed by atoms with Crippen LogP contribution in [0.1, 0.15) is 22.3 Å². The number of thioether (sulfide) groups is 1. The molecule has 0 fully saturated rings. The highest BCUT2D eigenvalue weighted by molar-refractivity contribution is 7.98. The third kappa shape index (κ3) is 3.92. The van der Waals surface area contributed by atoms with Crippen LogP contribution >= 0.6 is 23.4 Å². The normalized spacial score (nSPS) is 11.2. The molecule has 3 aromatic carbocycles. The standard InChI is InChI=1S/C24H22ClNS/c1-17-11-12-18(2)20(13-17)14-26-15-24(21-8-4-6-10-23(21)26)27-16-19-7-3-5-9-22(19)25/h3-13,15H,14,16H2,1-2H3. The van der Waals surface area contributed by atoms with E-state index >= 15 is 0 Å². The van der Waals surface area contributed by atoms with Crippen molar-refractivity contribution in [1.29, 1.82) is 0 Å². The number of para-hydroxylation sites is 1. The average molecular weight is 392 g/mol. The predicted octanol–water partition coefficient (Wildman–Crippen LogP) is 7.25. The maximum Gasteiger partial charge on any atom is 0.0495 e. The topological polar surface area (TPSA) is 4.93 Å². The van der Waals surface area contributed by atoms with E-state index in [-0.39, 0.29) is 0 Å². The Bertz CT molecular complexity index is 1100. The maximum atomic E-state index is 6.33. The molecule has 4 aromatic rings. The van der Waals surface area contributed by atoms with E-state index in [4.69, 9.17) is 11.6 Å². The molecular weight excluding hydrogens is 370 g/mol. The lowest BCUT2D eigenvalue weighted by Crippen LogP contribution is -2.00. The Hall–Kier alpha value is -2.16. The van der Waals surface area contributed by atoms with Gasteiger partial charge in [-0.2, -0.15) is 0 Å². The lowest BCUT2D eigenvalue weighted by molar-refractivity contribution is 0.823. The molecule has 0 spiro atoms. The lowest BCUT2D eigenvalue weighted by atomic mass is 10.1. The Morgan fingerprint density at radius 1 is 0.889 bits per heavy atom. The van der Waals surface area contributed by atoms with Crippen molar-refractivity contribution in [3.63, 3.8) is 0 Å². The first-order valence-electron chi connectivity index (χ1n) is 9.12. The number of halogens is 1. The number of fused-ring (bicyclic) bond motifs is 1. The number of rotatable bonds is 5. The second-order valence-electron chi connectivity index (χ2n) is 6.95. The van der Waals surface area contributed by atoms with Gasteiger partial charge in [-0.1, -0.05) is 71.8 Å². The highest BCUT2D eigenvalue weighted by atomic mass is 35.5. The van der Waals surface area contributed by atoms with Gasteiger partial charge in [-0.05, 0) is 42.7 Å². The summed E-state index contributed by atoms with van der Waals surface area (Å²) >= 11 is 8.19. The van der Waals surface area contributed by atoms with Crippen LogP contribution in [0.15, 0.2) is 77.8 Å². The van der Waals surface area contributed by atoms with Crippen molar-refractivity contribution in [1.82, 2.24) is 4.57 Å². The molecule has 0 radical (unpaired) electrons. The van der Waals surface area contributed by atoms with Crippen LogP contribution in [0, 0.1) is 13.8 Å². The number of aromatic nitrogens is 1. The van der Waals surface area contributed by atoms with Gasteiger partial charge in [-0.3, -0.25) is 0 Å². The summed E-state index contributed by atoms with van der Waals surface area (Å²) in [7, 11) is 0. The minimum atomic E-state index is 0.837. The molecule has 0 atom stereocenters. The Kier molecular flexibility index (Phi) is 5.29. The number of hydrogen-bond donors (Lipinski definition) is 0. The summed E-state index contributed by atoms with van der Waals surface area (Å²) in [5, 5.41) is 2.14. The summed E-state index contributed by atoms with van der Waals surface area (Å²) in [4.78, 5) is 1.30. The molecule has 1 nitrogen and oxygen atoms in total. The molecule has 1 heterocycles. The van der Waals surface area contributed by atoms with Gasteiger partial charge in [-0.25, -0.2) is 0 Å². The largest absolute Gasteiger partial charge is 0.342 e. The van der Waals surface area contributed by atoms with Crippen LogP contribution in [-0.2, 0) is 12.3 Å². The van der Waals surface area contributed by atoms with Crippen molar-refractivity contribution in [3.05, 3.63) is 100 Å². The molecule has 0 amide bonds. The smallest absolute Gasteiger partial charge is 0.0495 e. The van der Waals surface area contributed by atoms with Gasteiger partial charge in [0.2, 0.25) is 0 Å². The molecule has 0 bridgehead atoms. The minimum Gasteiger partial charge on any atom is -0.342 e. The van der Waals surface area contributed by atoms with E-state index in [2.05, 4.69) is 73.1 Å². The number of aryl methyl sites for hydroxylation is 2. The molecule has 0 saturated heterocycles. The SMILES string of the molecule is Cc1ccc(C)c(Cn2cc(SCc3ccccc3Cl)c3ccccc32)c1. The fourth-order valence-electron chi connectivity index (χ4n) is 3.38. The first-order valence-corrected chi connectivity index (χ1v) is 10.5. The van der Waals surface area contributed by atoms with E-state index in [0.717, 1.165) is 17.3 Å². The highest BCUT2D eigenvalue weighted by Gasteiger charge is 2.11. The summed E-state index contributed by atoms with van der Waals surface area (Å²) in [6.45, 7) is 5.23. The van der Waals surface area contributed by atoms with Crippen LogP contribution in [0.2, 0.25) is 5.02 Å². The van der Waals surface area contributed by atoms with Gasteiger partial charge in [0.05, 0.1) is 0 Å². The Labute approximate surface area is 170 Å². The molecule has 0 aliphatic heterocycles. The summed E-state index contributed by atoms with van der Waals surface area (Å²) in [6, 6.07) is 23.4. The molecule has 0 saturated carbocycles. The molecule has 3 heteroatoms. The van der Waals surface area contributed by atoms with E-state index in [1.165, 1.54) is 38.1 Å². The van der Waals surface area contributed by atoms with Gasteiger partial charge in [0.1, 0.15) is 0 Å². The Morgan fingerprint density at radius 2 is 1.67 bits per heavy atom. The highest BCUT2D eigenvalue weighted by Crippen LogP contribution is 2.34. The zero-order valence-electron chi connectivity index (χ0n) is 15.6. The summed E-state index contributed by atoms with van der Waals surface area (Å²) in [6.07, 6.45) is 2.29. The first-order chi connectivity index (χ1) is 13.1. The van der Waals surface area contributed by atoms with E-state index in [1.54, 1.807) is 0 Å². The van der Waals surface area contributed by atoms with Gasteiger partial charge in [0.15, 0.2) is 0 Å². The van der Waals surface area contributed by atoms with E-state index in [1.807, 2.05) is 30.0 Å². The number of hydrogen-bond acceptors (Lipinski definition) is 1. The molecular formula is C24H22ClNS. The Balaban J connectivity index is 1.67. The van der Waals surface area contributed by atoms with Crippen molar-refractivity contribution < 1.29 is 0 Å². The molecule has 27 heavy (non-hydrogen) atoms. The monoisotopic (exact) mass is 391 g/mol. The lowest BCUT2D eigenvalue weighted by Gasteiger charge is -2.09. The summed E-state index contributed by atoms with van der Waals surface area (Å²) in [5.74, 6) is 0.872. The number of benzene rings is 3. The second kappa shape index (κ2) is 7.84. The number of nitrogens with zero attached hydrogens (tertiary/aromatic N) is 1. The zero-order chi connectivity index (χ0) is 18.8. The molecule has 0 unspecified atom stereocenters. The molecule has 136 valence electrons. The summed E-state index contributed by atoms with van der Waals surface area (Å²) < 4.78 is 2.37. The van der Waals surface area contributed by atoms with Crippen LogP contribution in [0.4, 0.5) is 0 Å². The van der Waals surface area contributed by atoms with Crippen LogP contribution in [-0.4, -0.2) is 4.57 Å². The summed E-state index contributed by atoms with van der Waals surface area (Å²) in [5.41, 5.74) is 6.47.